The topological polar surface area (TPSA) is 192 Å². The monoisotopic (exact) mass is 1200 g/mol. The minimum atomic E-state index is -5.09. The molecule has 1 saturated heterocycles. The van der Waals surface area contributed by atoms with Crippen LogP contribution in [-0.2, 0) is 28.9 Å². The van der Waals surface area contributed by atoms with E-state index in [2.05, 4.69) is 47.7 Å². The molecule has 83 heavy (non-hydrogen) atoms. The summed E-state index contributed by atoms with van der Waals surface area (Å²) in [6, 6.07) is -0.945. The average molecular weight is 1200 g/mol. The van der Waals surface area contributed by atoms with E-state index < -0.39 is 59.9 Å². The van der Waals surface area contributed by atoms with E-state index in [0.717, 1.165) is 44.9 Å². The normalized spacial score (nSPS) is 18.6. The highest BCUT2D eigenvalue weighted by atomic mass is 32.3. The van der Waals surface area contributed by atoms with Gasteiger partial charge in [-0.1, -0.05) is 326 Å². The summed E-state index contributed by atoms with van der Waals surface area (Å²) < 4.78 is 48.0. The van der Waals surface area contributed by atoms with Crippen LogP contribution in [0.5, 0.6) is 0 Å². The lowest BCUT2D eigenvalue weighted by molar-refractivity contribution is -0.298. The summed E-state index contributed by atoms with van der Waals surface area (Å²) >= 11 is 0. The van der Waals surface area contributed by atoms with Crippen molar-refractivity contribution in [1.29, 1.82) is 0 Å². The summed E-state index contributed by atoms with van der Waals surface area (Å²) in [4.78, 5) is 13.2. The average Bonchev–Trinajstić information content (AvgIpc) is 3.59. The molecule has 1 rings (SSSR count). The molecule has 1 amide bonds. The predicted octanol–water partition coefficient (Wildman–Crippen LogP) is 18.5. The van der Waals surface area contributed by atoms with Crippen LogP contribution >= 0.6 is 0 Å². The lowest BCUT2D eigenvalue weighted by Gasteiger charge is -2.41. The molecule has 490 valence electrons. The summed E-state index contributed by atoms with van der Waals surface area (Å²) in [7, 11) is -5.09. The van der Waals surface area contributed by atoms with Crippen molar-refractivity contribution in [3.63, 3.8) is 0 Å². The summed E-state index contributed by atoms with van der Waals surface area (Å²) in [5, 5.41) is 45.2. The van der Waals surface area contributed by atoms with Gasteiger partial charge in [0.15, 0.2) is 6.29 Å². The zero-order valence-corrected chi connectivity index (χ0v) is 54.6. The Balaban J connectivity index is 2.22. The minimum Gasteiger partial charge on any atom is -0.394 e. The van der Waals surface area contributed by atoms with Crippen LogP contribution in [-0.4, -0.2) is 95.4 Å². The predicted molar refractivity (Wildman–Crippen MR) is 347 cm³/mol. The Hall–Kier alpha value is -1.68. The molecule has 0 aromatic rings. The van der Waals surface area contributed by atoms with Gasteiger partial charge in [-0.05, 0) is 51.4 Å². The molecule has 7 atom stereocenters. The van der Waals surface area contributed by atoms with Crippen LogP contribution < -0.4 is 5.32 Å². The number of hydrogen-bond acceptors (Lipinski definition) is 10. The van der Waals surface area contributed by atoms with E-state index in [9.17, 15) is 38.2 Å². The molecule has 0 spiro atoms. The highest BCUT2D eigenvalue weighted by Gasteiger charge is 2.48. The van der Waals surface area contributed by atoms with Crippen LogP contribution in [0.3, 0.4) is 0 Å². The van der Waals surface area contributed by atoms with E-state index in [1.54, 1.807) is 6.08 Å². The van der Waals surface area contributed by atoms with Crippen LogP contribution in [0.1, 0.15) is 348 Å². The summed E-state index contributed by atoms with van der Waals surface area (Å²) in [6.07, 6.45) is 69.4. The number of nitrogens with one attached hydrogen (secondary N) is 1. The lowest BCUT2D eigenvalue weighted by atomic mass is 9.99. The van der Waals surface area contributed by atoms with Gasteiger partial charge in [0.2, 0.25) is 5.91 Å². The molecular formula is C70H133NO11S. The maximum absolute atomic E-state index is 13.2. The molecule has 12 nitrogen and oxygen atoms in total. The van der Waals surface area contributed by atoms with Crippen molar-refractivity contribution in [2.24, 2.45) is 0 Å². The SMILES string of the molecule is CCCCCCCCCCCCC/C=C\C/C=C\CCCCCCCCCCCCCCCCCCCC(=O)NC(COC1OC(CO)C(O)C(OS(=O)(=O)O)C1O)C(O)/C=C/CCCCCCCCCCCCCCCCCCCCC. The second-order valence-electron chi connectivity index (χ2n) is 24.8. The Kier molecular flexibility index (Phi) is 56.7. The molecule has 0 aromatic carbocycles. The maximum Gasteiger partial charge on any atom is 0.397 e. The Morgan fingerprint density at radius 1 is 0.482 bits per heavy atom. The van der Waals surface area contributed by atoms with Gasteiger partial charge in [-0.25, -0.2) is 4.18 Å². The fraction of sp³-hybridized carbons (Fsp3) is 0.900. The molecule has 6 N–H and O–H groups in total. The number of aliphatic hydroxyl groups is 4. The van der Waals surface area contributed by atoms with Crippen LogP contribution in [0.25, 0.3) is 0 Å². The van der Waals surface area contributed by atoms with Crippen molar-refractivity contribution >= 4 is 16.3 Å². The van der Waals surface area contributed by atoms with Crippen LogP contribution in [0, 0.1) is 0 Å². The van der Waals surface area contributed by atoms with Crippen molar-refractivity contribution in [2.75, 3.05) is 13.2 Å². The number of carbonyl (C=O) groups excluding carboxylic acids is 1. The van der Waals surface area contributed by atoms with E-state index in [1.165, 1.54) is 276 Å². The van der Waals surface area contributed by atoms with Gasteiger partial charge in [0.1, 0.15) is 24.4 Å². The van der Waals surface area contributed by atoms with Crippen molar-refractivity contribution < 1.29 is 51.8 Å². The Morgan fingerprint density at radius 3 is 1.14 bits per heavy atom. The minimum absolute atomic E-state index is 0.256. The van der Waals surface area contributed by atoms with Gasteiger partial charge in [-0.15, -0.1) is 0 Å². The first-order chi connectivity index (χ1) is 40.5. The van der Waals surface area contributed by atoms with Gasteiger partial charge < -0.3 is 35.2 Å². The van der Waals surface area contributed by atoms with E-state index in [4.69, 9.17) is 9.47 Å². The van der Waals surface area contributed by atoms with Crippen LogP contribution in [0.2, 0.25) is 0 Å². The third-order valence-corrected chi connectivity index (χ3v) is 17.4. The third-order valence-electron chi connectivity index (χ3n) is 16.9. The molecule has 13 heteroatoms. The molecule has 0 bridgehead atoms. The van der Waals surface area contributed by atoms with Gasteiger partial charge >= 0.3 is 10.4 Å². The standard InChI is InChI=1S/C70H133NO11S/c1-3-5-7-9-11-13-15-17-19-21-23-25-26-27-28-29-30-31-32-33-34-35-36-37-38-40-42-44-46-48-50-52-54-56-58-60-66(74)71-63(62-80-70-68(76)69(82-83(77,78)79)67(75)65(61-72)81-70)64(73)59-57-55-53-51-49-47-45-43-41-39-24-22-20-18-16-14-12-10-8-6-4-2/h26-27,29-30,57,59,63-65,67-70,72-73,75-76H,3-25,28,31-56,58,60-62H2,1-2H3,(H,71,74)(H,77,78,79)/b27-26-,30-29-,59-57+. The van der Waals surface area contributed by atoms with Crippen LogP contribution in [0.15, 0.2) is 36.5 Å². The van der Waals surface area contributed by atoms with E-state index in [0.29, 0.717) is 6.42 Å². The molecule has 7 unspecified atom stereocenters. The molecule has 1 fully saturated rings. The van der Waals surface area contributed by atoms with E-state index in [1.807, 2.05) is 6.08 Å². The first kappa shape index (κ1) is 79.3. The van der Waals surface area contributed by atoms with E-state index >= 15 is 0 Å². The van der Waals surface area contributed by atoms with Crippen LogP contribution in [0.4, 0.5) is 0 Å². The quantitative estimate of drug-likeness (QED) is 0.0193. The summed E-state index contributed by atoms with van der Waals surface area (Å²) in [5.74, 6) is -0.256. The molecule has 0 aliphatic carbocycles. The van der Waals surface area contributed by atoms with Gasteiger partial charge in [0, 0.05) is 6.42 Å². The van der Waals surface area contributed by atoms with Gasteiger partial charge in [0.05, 0.1) is 25.4 Å². The molecule has 1 aliphatic heterocycles. The van der Waals surface area contributed by atoms with E-state index in [-0.39, 0.29) is 18.9 Å². The molecular weight excluding hydrogens is 1060 g/mol. The maximum atomic E-state index is 13.2. The largest absolute Gasteiger partial charge is 0.397 e. The fourth-order valence-electron chi connectivity index (χ4n) is 11.5. The Labute approximate surface area is 511 Å². The first-order valence-electron chi connectivity index (χ1n) is 35.4. The number of hydrogen-bond donors (Lipinski definition) is 6. The second-order valence-corrected chi connectivity index (χ2v) is 25.9. The third kappa shape index (κ3) is 51.0. The zero-order chi connectivity index (χ0) is 60.4. The number of carbonyl (C=O) groups is 1. The smallest absolute Gasteiger partial charge is 0.394 e. The van der Waals surface area contributed by atoms with Crippen molar-refractivity contribution in [3.8, 4) is 0 Å². The number of aliphatic hydroxyl groups excluding tert-OH is 4. The van der Waals surface area contributed by atoms with Gasteiger partial charge in [-0.3, -0.25) is 9.35 Å². The molecule has 1 aliphatic rings. The first-order valence-corrected chi connectivity index (χ1v) is 36.7. The zero-order valence-electron chi connectivity index (χ0n) is 53.8. The van der Waals surface area contributed by atoms with Crippen molar-refractivity contribution in [2.45, 2.75) is 391 Å². The number of amides is 1. The highest BCUT2D eigenvalue weighted by Crippen LogP contribution is 2.26. The number of unbranched alkanes of at least 4 members (excludes halogenated alkanes) is 47. The Bertz CT molecular complexity index is 1590. The van der Waals surface area contributed by atoms with Crippen molar-refractivity contribution in [3.05, 3.63) is 36.5 Å². The summed E-state index contributed by atoms with van der Waals surface area (Å²) in [5.41, 5.74) is 0. The van der Waals surface area contributed by atoms with Gasteiger partial charge in [0.25, 0.3) is 0 Å². The molecule has 0 aromatic heterocycles. The number of allylic oxidation sites excluding steroid dienone is 5. The molecule has 1 heterocycles. The van der Waals surface area contributed by atoms with Gasteiger partial charge in [-0.2, -0.15) is 8.42 Å². The number of rotatable bonds is 63. The lowest BCUT2D eigenvalue weighted by Crippen LogP contribution is -2.61. The second kappa shape index (κ2) is 59.3. The Morgan fingerprint density at radius 2 is 0.807 bits per heavy atom. The molecule has 0 radical (unpaired) electrons. The highest BCUT2D eigenvalue weighted by molar-refractivity contribution is 7.80. The molecule has 0 saturated carbocycles. The summed E-state index contributed by atoms with van der Waals surface area (Å²) in [6.45, 7) is 3.45. The van der Waals surface area contributed by atoms with Crippen molar-refractivity contribution in [1.82, 2.24) is 5.32 Å². The fourth-order valence-corrected chi connectivity index (χ4v) is 12.0. The number of ether oxygens (including phenoxy) is 2.